The maximum atomic E-state index is 13.8. The largest absolute Gasteiger partial charge is 0.343 e. The van der Waals surface area contributed by atoms with Gasteiger partial charge in [0.1, 0.15) is 54.0 Å². The second-order valence-corrected chi connectivity index (χ2v) is 39.5. The minimum absolute atomic E-state index is 0.0742. The first kappa shape index (κ1) is 107. The van der Waals surface area contributed by atoms with Crippen molar-refractivity contribution in [2.24, 2.45) is 37.8 Å². The smallest absolute Gasteiger partial charge is 0.249 e. The van der Waals surface area contributed by atoms with E-state index >= 15 is 0 Å². The number of hydrogen-bond acceptors (Lipinski definition) is 21. The van der Waals surface area contributed by atoms with Gasteiger partial charge < -0.3 is 82.6 Å². The molecule has 4 aliphatic carbocycles. The van der Waals surface area contributed by atoms with E-state index in [1.807, 2.05) is 142 Å². The quantitative estimate of drug-likeness (QED) is 0.0186. The maximum absolute atomic E-state index is 13.8. The van der Waals surface area contributed by atoms with Crippen LogP contribution in [0, 0.1) is 30.6 Å². The van der Waals surface area contributed by atoms with Crippen LogP contribution in [-0.2, 0) is 71.6 Å². The molecule has 36 heteroatoms. The van der Waals surface area contributed by atoms with Gasteiger partial charge in [0.2, 0.25) is 76.8 Å². The molecule has 4 saturated carbocycles. The van der Waals surface area contributed by atoms with Crippen molar-refractivity contribution >= 4 is 93.8 Å². The van der Waals surface area contributed by atoms with E-state index < -0.39 is 72.5 Å². The SMILES string of the molecule is CN[C@@H](C)C(=O)N[C@H](C(=O)N1CCC[C@H]1C(=O)Nc1cn(C)nc1-c1ccccc1)C1CCCCC1.CN[C@@H](C)C(=O)N[C@H](C(=O)N1CCC[C@H]1C(=O)Nc1cn[nH]c1-c1ccccc1)C1CCCCC1.CN[C@@H](C)C(=O)N[C@H](C(=O)N1CCC[C@H]1C(=O)Nc1cnn(C)c1-c1ccccc1)C1CCCCC1.CN[C@@H](C)C(=O)N[C@H](C(=O)N1CCC[C@H]1C(=O)Nc1onc(C)c1-c1ccccc1)C1CCCCC1. The second kappa shape index (κ2) is 52.5. The third-order valence-electron chi connectivity index (χ3n) is 29.9. The molecule has 8 heterocycles. The van der Waals surface area contributed by atoms with Crippen LogP contribution in [-0.4, -0.2) is 252 Å². The van der Waals surface area contributed by atoms with Crippen LogP contribution in [0.3, 0.4) is 0 Å². The Balaban J connectivity index is 0.000000160. The molecule has 0 unspecified atom stereocenters. The summed E-state index contributed by atoms with van der Waals surface area (Å²) >= 11 is 0. The van der Waals surface area contributed by atoms with Gasteiger partial charge in [-0.05, 0) is 195 Å². The van der Waals surface area contributed by atoms with Crippen LogP contribution in [0.4, 0.5) is 22.9 Å². The number of hydrogen-bond donors (Lipinski definition) is 13. The number of aryl methyl sites for hydroxylation is 3. The summed E-state index contributed by atoms with van der Waals surface area (Å²) in [6.45, 7) is 11.0. The van der Waals surface area contributed by atoms with Gasteiger partial charge in [0.05, 0.1) is 76.3 Å². The first-order chi connectivity index (χ1) is 69.2. The van der Waals surface area contributed by atoms with Crippen LogP contribution >= 0.6 is 0 Å². The zero-order valence-corrected chi connectivity index (χ0v) is 84.9. The van der Waals surface area contributed by atoms with Gasteiger partial charge in [0.25, 0.3) is 0 Å². The molecule has 0 bridgehead atoms. The predicted octanol–water partition coefficient (Wildman–Crippen LogP) is 11.3. The van der Waals surface area contributed by atoms with Crippen LogP contribution in [0.15, 0.2) is 144 Å². The molecule has 16 rings (SSSR count). The van der Waals surface area contributed by atoms with E-state index in [2.05, 4.69) is 89.4 Å². The summed E-state index contributed by atoms with van der Waals surface area (Å²) in [5.41, 5.74) is 9.12. The first-order valence-corrected chi connectivity index (χ1v) is 51.8. The fraction of sp³-hybridized carbons (Fsp3) is 0.551. The molecule has 4 saturated heterocycles. The molecule has 143 heavy (non-hydrogen) atoms. The van der Waals surface area contributed by atoms with Crippen LogP contribution in [0.2, 0.25) is 0 Å². The predicted molar refractivity (Wildman–Crippen MR) is 550 cm³/mol. The summed E-state index contributed by atoms with van der Waals surface area (Å²) in [6.07, 6.45) is 30.6. The molecule has 4 aromatic carbocycles. The zero-order valence-electron chi connectivity index (χ0n) is 84.9. The van der Waals surface area contributed by atoms with Gasteiger partial charge in [-0.25, -0.2) is 0 Å². The molecule has 12 atom stereocenters. The van der Waals surface area contributed by atoms with Gasteiger partial charge in [-0.2, -0.15) is 15.3 Å². The average molecular weight is 1970 g/mol. The monoisotopic (exact) mass is 1960 g/mol. The van der Waals surface area contributed by atoms with Crippen molar-refractivity contribution in [3.63, 3.8) is 0 Å². The molecule has 13 N–H and O–H groups in total. The normalized spacial score (nSPS) is 20.1. The number of aromatic amines is 1. The number of nitrogens with zero attached hydrogens (tertiary/aromatic N) is 10. The number of carbonyl (C=O) groups is 12. The summed E-state index contributed by atoms with van der Waals surface area (Å²) in [4.78, 5) is 167. The van der Waals surface area contributed by atoms with E-state index in [0.717, 1.165) is 193 Å². The van der Waals surface area contributed by atoms with E-state index in [-0.39, 0.29) is 100 Å². The summed E-state index contributed by atoms with van der Waals surface area (Å²) in [5.74, 6) is -1.74. The summed E-state index contributed by atoms with van der Waals surface area (Å²) in [6, 6.07) is 32.3. The molecule has 0 spiro atoms. The Labute approximate surface area is 839 Å². The highest BCUT2D eigenvalue weighted by Crippen LogP contribution is 2.39. The molecular weight excluding hydrogens is 1820 g/mol. The van der Waals surface area contributed by atoms with Gasteiger partial charge in [-0.3, -0.25) is 77.3 Å². The van der Waals surface area contributed by atoms with Crippen LogP contribution < -0.4 is 63.8 Å². The lowest BCUT2D eigenvalue weighted by Gasteiger charge is -2.35. The number of likely N-dealkylation sites (tertiary alicyclic amines) is 4. The van der Waals surface area contributed by atoms with Crippen molar-refractivity contribution in [2.45, 2.75) is 287 Å². The number of amides is 12. The standard InChI is InChI=1S/2C27H38N6O3.C27H37N5O4.C26H36N6O3/c1-18(28-2)25(34)31-23(19-11-6-4-7-12-19)27(36)33-16-10-15-22(33)26(35)30-21-17-29-32(3)24(21)20-13-8-5-9-14-20;1-18(28-2)25(34)30-24(20-13-8-5-9-14-20)27(36)33-16-10-15-22(33)26(35)29-21-17-32(3)31-23(21)19-11-6-4-7-12-19;1-17-22(19-11-6-4-7-12-19)26(36-31-17)30-25(34)21-15-10-16-32(21)27(35)23(20-13-8-5-9-14-20)29-24(33)18(2)28-3;1-17(27-2)24(33)30-23(19-12-7-4-8-13-19)26(35)32-15-9-14-21(32)25(34)29-20-16-28-31-22(20)18-10-5-3-6-11-18/h5,8-9,13-14,17-19,22-23,28H,4,6-7,10-12,15-16H2,1-3H3,(H,30,35)(H,31,34);4,6-7,11-12,17-18,20,22,24,28H,5,8-10,13-16H2,1-3H3,(H,29,35)(H,30,34);4,6-7,11-12,18,20-21,23,28H,5,8-10,13-16H2,1-3H3,(H,29,33)(H,30,34);3,5-6,10-11,16-17,19,21,23,27H,4,7-9,12-15H2,1-2H3,(H,28,31)(H,29,34)(H,30,33)/t18-,22-,23-;18-,22-,24-;18-,21-,23-;17-,21-,23-/m0000/s1. The number of rotatable bonds is 32. The van der Waals surface area contributed by atoms with Crippen molar-refractivity contribution in [1.29, 1.82) is 0 Å². The van der Waals surface area contributed by atoms with Crippen molar-refractivity contribution in [2.75, 3.05) is 75.6 Å². The third-order valence-corrected chi connectivity index (χ3v) is 29.9. The average Bonchev–Trinajstić information content (AvgIpc) is 1.70. The summed E-state index contributed by atoms with van der Waals surface area (Å²) < 4.78 is 8.87. The number of H-pyrrole nitrogens is 1. The molecule has 8 aliphatic rings. The molecule has 0 radical (unpaired) electrons. The molecule has 8 fully saturated rings. The Kier molecular flexibility index (Phi) is 39.4. The molecule has 770 valence electrons. The van der Waals surface area contributed by atoms with Crippen LogP contribution in [0.5, 0.6) is 0 Å². The highest BCUT2D eigenvalue weighted by atomic mass is 16.5. The lowest BCUT2D eigenvalue weighted by Crippen LogP contribution is -2.57. The van der Waals surface area contributed by atoms with Gasteiger partial charge in [-0.1, -0.05) is 204 Å². The molecule has 4 aliphatic heterocycles. The number of anilines is 4. The van der Waals surface area contributed by atoms with Gasteiger partial charge in [0, 0.05) is 63.2 Å². The van der Waals surface area contributed by atoms with Crippen molar-refractivity contribution in [3.05, 3.63) is 146 Å². The summed E-state index contributed by atoms with van der Waals surface area (Å²) in [7, 11) is 10.6. The van der Waals surface area contributed by atoms with Gasteiger partial charge in [0.15, 0.2) is 0 Å². The third kappa shape index (κ3) is 27.6. The van der Waals surface area contributed by atoms with Gasteiger partial charge in [-0.15, -0.1) is 0 Å². The Morgan fingerprint density at radius 2 is 0.678 bits per heavy atom. The minimum Gasteiger partial charge on any atom is -0.343 e. The number of likely N-dealkylation sites (N-methyl/N-ethyl adjacent to an activating group) is 4. The lowest BCUT2D eigenvalue weighted by atomic mass is 9.83. The topological polar surface area (TPSA) is 453 Å². The Bertz CT molecular complexity index is 5260. The number of carbonyl (C=O) groups excluding carboxylic acids is 12. The van der Waals surface area contributed by atoms with E-state index in [4.69, 9.17) is 4.52 Å². The van der Waals surface area contributed by atoms with E-state index in [9.17, 15) is 57.5 Å². The molecule has 8 aromatic rings. The van der Waals surface area contributed by atoms with Crippen LogP contribution in [0.25, 0.3) is 44.9 Å². The molecule has 36 nitrogen and oxygen atoms in total. The van der Waals surface area contributed by atoms with Crippen molar-refractivity contribution in [1.82, 2.24) is 97.0 Å². The molecular formula is C107H149N23O13. The van der Waals surface area contributed by atoms with Crippen LogP contribution in [0.1, 0.15) is 213 Å². The van der Waals surface area contributed by atoms with E-state index in [1.165, 1.54) is 0 Å². The highest BCUT2D eigenvalue weighted by Gasteiger charge is 2.47. The number of benzene rings is 4. The Hall–Kier alpha value is -12.8. The van der Waals surface area contributed by atoms with E-state index in [1.54, 1.807) is 103 Å². The number of nitrogens with one attached hydrogen (secondary N) is 13. The van der Waals surface area contributed by atoms with E-state index in [0.29, 0.717) is 80.3 Å². The molecule has 12 amide bonds. The van der Waals surface area contributed by atoms with Gasteiger partial charge >= 0.3 is 0 Å². The molecule has 4 aromatic heterocycles. The first-order valence-electron chi connectivity index (χ1n) is 51.8. The second-order valence-electron chi connectivity index (χ2n) is 39.5. The Morgan fingerprint density at radius 1 is 0.364 bits per heavy atom. The lowest BCUT2D eigenvalue weighted by molar-refractivity contribution is -0.142. The fourth-order valence-corrected chi connectivity index (χ4v) is 21.3. The van der Waals surface area contributed by atoms with Crippen molar-refractivity contribution in [3.8, 4) is 44.9 Å². The minimum atomic E-state index is -0.630. The summed E-state index contributed by atoms with van der Waals surface area (Å²) in [5, 5.41) is 55.7. The highest BCUT2D eigenvalue weighted by molar-refractivity contribution is 6.05. The Morgan fingerprint density at radius 3 is 1.03 bits per heavy atom. The fourth-order valence-electron chi connectivity index (χ4n) is 21.3. The zero-order chi connectivity index (χ0) is 102. The maximum Gasteiger partial charge on any atom is 0.249 e. The number of aromatic nitrogens is 7. The van der Waals surface area contributed by atoms with Crippen molar-refractivity contribution < 1.29 is 62.1 Å².